The molecular weight excluding hydrogens is 2060 g/mol. The van der Waals surface area contributed by atoms with Crippen molar-refractivity contribution in [3.63, 3.8) is 0 Å². The molecule has 7 saturated heterocycles. The number of hydrogen-bond donors (Lipinski definition) is 2. The lowest BCUT2D eigenvalue weighted by Crippen LogP contribution is -2.58. The van der Waals surface area contributed by atoms with E-state index in [1.54, 1.807) is 83.1 Å². The van der Waals surface area contributed by atoms with Crippen LogP contribution < -0.4 is 0 Å². The van der Waals surface area contributed by atoms with Crippen LogP contribution in [0.15, 0.2) is 0 Å². The van der Waals surface area contributed by atoms with Gasteiger partial charge < -0.3 is 76.5 Å². The highest BCUT2D eigenvalue weighted by Crippen LogP contribution is 2.65. The maximum Gasteiger partial charge on any atom is 0.426 e. The minimum Gasteiger partial charge on any atom is -0.469 e. The molecule has 0 aromatic carbocycles. The van der Waals surface area contributed by atoms with E-state index in [0.29, 0.717) is 76.0 Å². The zero-order valence-electron chi connectivity index (χ0n) is 88.8. The Bertz CT molecular complexity index is 4720. The molecule has 7 aliphatic heterocycles. The molecule has 28 nitrogen and oxygen atoms in total. The second kappa shape index (κ2) is 46.8. The molecule has 0 spiro atoms. The zero-order valence-corrected chi connectivity index (χ0v) is 88.8. The topological polar surface area (TPSA) is 375 Å². The lowest BCUT2D eigenvalue weighted by atomic mass is 9.73. The van der Waals surface area contributed by atoms with Crippen LogP contribution in [0.2, 0.25) is 0 Å². The fourth-order valence-electron chi connectivity index (χ4n) is 19.7. The van der Waals surface area contributed by atoms with Gasteiger partial charge in [-0.15, -0.1) is 0 Å². The Morgan fingerprint density at radius 2 is 0.880 bits per heavy atom. The van der Waals surface area contributed by atoms with Gasteiger partial charge in [0.05, 0.1) is 63.5 Å². The Balaban J connectivity index is 0.000000239. The number of rotatable bonds is 33. The van der Waals surface area contributed by atoms with Gasteiger partial charge in [-0.1, -0.05) is 54.9 Å². The van der Waals surface area contributed by atoms with Crippen molar-refractivity contribution in [3.8, 4) is 0 Å². The number of hydrogen-bond acceptors (Lipinski definition) is 28. The van der Waals surface area contributed by atoms with Crippen LogP contribution in [0.3, 0.4) is 0 Å². The first-order valence-electron chi connectivity index (χ1n) is 50.5. The third-order valence-corrected chi connectivity index (χ3v) is 33.0. The number of esters is 12. The fourth-order valence-corrected chi connectivity index (χ4v) is 19.7. The molecule has 13 aliphatic rings. The maximum atomic E-state index is 13.1. The smallest absolute Gasteiger partial charge is 0.426 e. The van der Waals surface area contributed by atoms with Crippen molar-refractivity contribution < 1.29 is 226 Å². The summed E-state index contributed by atoms with van der Waals surface area (Å²) < 4.78 is 338. The molecule has 49 heteroatoms. The molecule has 6 aliphatic carbocycles. The summed E-state index contributed by atoms with van der Waals surface area (Å²) >= 11 is 0. The second-order valence-electron chi connectivity index (χ2n) is 46.4. The van der Waals surface area contributed by atoms with Gasteiger partial charge in [0.2, 0.25) is 0 Å². The lowest BCUT2D eigenvalue weighted by molar-refractivity contribution is -0.373. The fraction of sp³-hybridized carbons (Fsp3) is 0.881. The van der Waals surface area contributed by atoms with Crippen molar-refractivity contribution in [1.29, 1.82) is 0 Å². The standard InChI is InChI=1S/C18H23F3O6.C18H29F3O3.C17H24F6O3.C15H20O7.C13H18O5.C11H16F6O2.C9H15F3O2/c1-5-16(3,4)13(22)26-11-9-6-10-12(11)27-15(24)17(10,7-9)14(23)25-8(2)18(19,20)21;1-5-16(2,3)15(22)24-14(10-17(4,23)18(19,20)21)13-9-11-6-7-12(13)8-11;1-4-14(2,3)13(24)26-12-7-9-5-10(12)6-11(9)8-15(25,16(18,19)20)17(21,22)23;1-5-15(2,3)14(18)22-11-8-6(12(16)19-4)7-9(20-8)10(11)21-13(7)17;1-4-13(2,3)12(15)18-9-7-5-6-8(16-7)10(9)17-11(6)14;1-4-9(2,3)8(18)19-6-10(14,15)5-11(16,17)7(12)13;1-5-8(3,4)7(13)14-6(2)9(10,11)12/h8-12H,5-7H2,1-4H3;11-14,23H,5-10H2,1-4H3;9-12,25H,4-8H2,1-3H3;6-11H,5H2,1-4H3;6-10H,4-5H2,1-3H3;7H,4-6H2,1-3H3;6H,5H2,1-4H3. The summed E-state index contributed by atoms with van der Waals surface area (Å²) in [7, 11) is 1.26. The van der Waals surface area contributed by atoms with E-state index in [4.69, 9.17) is 52.1 Å². The largest absolute Gasteiger partial charge is 0.469 e. The molecule has 0 amide bonds. The van der Waals surface area contributed by atoms with Crippen LogP contribution in [0.25, 0.3) is 0 Å². The van der Waals surface area contributed by atoms with Crippen molar-refractivity contribution in [2.24, 2.45) is 108 Å². The molecule has 0 radical (unpaired) electrons. The third kappa shape index (κ3) is 28.5. The molecule has 6 saturated carbocycles. The number of alkyl halides is 21. The number of fused-ring (bicyclic) bond motifs is 7. The van der Waals surface area contributed by atoms with Gasteiger partial charge in [0.15, 0.2) is 54.2 Å². The highest BCUT2D eigenvalue weighted by Gasteiger charge is 2.78. The summed E-state index contributed by atoms with van der Waals surface area (Å²) in [4.78, 5) is 144. The normalized spacial score (nSPS) is 30.3. The van der Waals surface area contributed by atoms with Gasteiger partial charge in [-0.25, -0.2) is 26.3 Å². The van der Waals surface area contributed by atoms with Crippen LogP contribution in [0.5, 0.6) is 0 Å². The Kier molecular flexibility index (Phi) is 40.2. The number of aliphatic hydroxyl groups is 2. The maximum absolute atomic E-state index is 13.1. The number of halogens is 21. The first-order chi connectivity index (χ1) is 68.0. The molecule has 13 rings (SSSR count). The van der Waals surface area contributed by atoms with Gasteiger partial charge in [-0.3, -0.25) is 57.5 Å². The Hall–Kier alpha value is -7.99. The summed E-state index contributed by atoms with van der Waals surface area (Å²) in [6.45, 7) is 37.0. The molecule has 0 aromatic rings. The van der Waals surface area contributed by atoms with Crippen molar-refractivity contribution in [2.75, 3.05) is 13.7 Å². The Labute approximate surface area is 857 Å². The second-order valence-corrected chi connectivity index (χ2v) is 46.4. The van der Waals surface area contributed by atoms with Crippen molar-refractivity contribution >= 4 is 71.6 Å². The van der Waals surface area contributed by atoms with Gasteiger partial charge in [-0.05, 0) is 262 Å². The van der Waals surface area contributed by atoms with E-state index in [2.05, 4.69) is 14.2 Å². The highest BCUT2D eigenvalue weighted by molar-refractivity contribution is 6.03. The molecule has 864 valence electrons. The highest BCUT2D eigenvalue weighted by atomic mass is 19.4. The summed E-state index contributed by atoms with van der Waals surface area (Å²) in [5.74, 6) is -19.4. The average molecular weight is 2210 g/mol. The predicted molar refractivity (Wildman–Crippen MR) is 482 cm³/mol. The van der Waals surface area contributed by atoms with Crippen molar-refractivity contribution in [1.82, 2.24) is 0 Å². The zero-order chi connectivity index (χ0) is 115. The summed E-state index contributed by atoms with van der Waals surface area (Å²) in [5.41, 5.74) is -14.5. The van der Waals surface area contributed by atoms with E-state index < -0.39 is 286 Å². The van der Waals surface area contributed by atoms with E-state index in [1.807, 2.05) is 48.5 Å². The first-order valence-corrected chi connectivity index (χ1v) is 50.5. The van der Waals surface area contributed by atoms with Gasteiger partial charge in [0, 0.05) is 18.3 Å². The van der Waals surface area contributed by atoms with Crippen LogP contribution >= 0.6 is 0 Å². The van der Waals surface area contributed by atoms with E-state index >= 15 is 0 Å². The number of carbonyl (C=O) groups excluding carboxylic acids is 12. The van der Waals surface area contributed by atoms with E-state index in [-0.39, 0.29) is 73.0 Å². The van der Waals surface area contributed by atoms with Crippen LogP contribution in [-0.4, -0.2) is 241 Å². The average Bonchev–Trinajstić information content (AvgIpc) is 1.53. The van der Waals surface area contributed by atoms with Crippen molar-refractivity contribution in [3.05, 3.63) is 0 Å². The van der Waals surface area contributed by atoms with Gasteiger partial charge in [0.1, 0.15) is 54.6 Å². The lowest BCUT2D eigenvalue weighted by Gasteiger charge is -2.37. The molecule has 27 atom stereocenters. The molecular formula is C101H145F21O28. The molecule has 13 fully saturated rings. The van der Waals surface area contributed by atoms with Gasteiger partial charge in [-0.2, -0.15) is 65.9 Å². The minimum atomic E-state index is -5.79. The molecule has 10 bridgehead atoms. The van der Waals surface area contributed by atoms with E-state index in [0.717, 1.165) is 46.5 Å². The monoisotopic (exact) mass is 2200 g/mol. The quantitative estimate of drug-likeness (QED) is 0.0267. The van der Waals surface area contributed by atoms with Crippen LogP contribution in [0.1, 0.15) is 295 Å². The summed E-state index contributed by atoms with van der Waals surface area (Å²) in [6.07, 6.45) is -35.7. The Morgan fingerprint density at radius 1 is 0.433 bits per heavy atom. The molecule has 150 heavy (non-hydrogen) atoms. The molecule has 2 N–H and O–H groups in total. The third-order valence-electron chi connectivity index (χ3n) is 33.0. The molecule has 27 unspecified atom stereocenters. The molecule has 0 aromatic heterocycles. The van der Waals surface area contributed by atoms with Crippen LogP contribution in [0, 0.1) is 108 Å². The van der Waals surface area contributed by atoms with E-state index in [9.17, 15) is 160 Å². The van der Waals surface area contributed by atoms with E-state index in [1.165, 1.54) is 21.0 Å². The minimum absolute atomic E-state index is 0.0269. The number of carbonyl (C=O) groups is 12. The summed E-state index contributed by atoms with van der Waals surface area (Å²) in [6, 6.07) is 0. The van der Waals surface area contributed by atoms with Gasteiger partial charge in [0.25, 0.3) is 11.5 Å². The predicted octanol–water partition coefficient (Wildman–Crippen LogP) is 20.2. The first kappa shape index (κ1) is 129. The van der Waals surface area contributed by atoms with Crippen LogP contribution in [0.4, 0.5) is 92.2 Å². The van der Waals surface area contributed by atoms with Gasteiger partial charge >= 0.3 is 115 Å². The number of methoxy groups -OCH3 is 1. The SMILES string of the molecule is CCC(C)(C)C(=O)OC(C)C(F)(F)F.CCC(C)(C)C(=O)OC(CC(C)(O)C(F)(F)F)C1CC2CCC1C2.CCC(C)(C)C(=O)OC1C2CC3C(=O)OC1C3O2.CCC(C)(C)C(=O)OC1C2CC3C1OC(=O)C3(C(=O)OC(C)C(F)(F)F)C2.CCC(C)(C)C(=O)OC1C2OC(=O)C3C2OC1C3C(=O)OC.CCC(C)(C)C(=O)OC1CC2CC1CC2CC(O)(C(F)(F)F)C(F)(F)F.CCC(C)(C)C(=O)OCC(F)(F)CC(F)(F)C(F)F. The summed E-state index contributed by atoms with van der Waals surface area (Å²) in [5, 5.41) is 19.3. The Morgan fingerprint density at radius 3 is 1.31 bits per heavy atom. The number of ether oxygens (including phenoxy) is 14. The van der Waals surface area contributed by atoms with Crippen LogP contribution in [-0.2, 0) is 124 Å². The van der Waals surface area contributed by atoms with Crippen molar-refractivity contribution in [2.45, 2.75) is 440 Å². The molecule has 7 heterocycles.